The number of hydrogen-bond donors (Lipinski definition) is 2. The molecule has 1 aromatic carbocycles. The molecular formula is C14H21Cl2N3OS. The second-order valence-electron chi connectivity index (χ2n) is 4.49. The molecule has 0 saturated carbocycles. The largest absolute Gasteiger partial charge is 0.399 e. The van der Waals surface area contributed by atoms with Gasteiger partial charge in [-0.3, -0.25) is 4.79 Å². The van der Waals surface area contributed by atoms with Gasteiger partial charge >= 0.3 is 0 Å². The minimum Gasteiger partial charge on any atom is -0.399 e. The standard InChI is InChI=1S/C14H21Cl2N3OS/c1-3-19(4-2)5-6-21-9-13(20)18-14-11(15)7-10(17)8-12(14)16/h7-8H,3-6,9,17H2,1-2H3,(H,18,20). The van der Waals surface area contributed by atoms with E-state index in [4.69, 9.17) is 28.9 Å². The first-order chi connectivity index (χ1) is 9.97. The predicted molar refractivity (Wildman–Crippen MR) is 94.6 cm³/mol. The number of nitrogens with one attached hydrogen (secondary N) is 1. The lowest BCUT2D eigenvalue weighted by Crippen LogP contribution is -2.26. The number of nitrogens with zero attached hydrogens (tertiary/aromatic N) is 1. The molecule has 4 nitrogen and oxygen atoms in total. The van der Waals surface area contributed by atoms with Crippen LogP contribution in [-0.2, 0) is 4.79 Å². The number of amides is 1. The summed E-state index contributed by atoms with van der Waals surface area (Å²) in [5.41, 5.74) is 6.51. The van der Waals surface area contributed by atoms with Crippen molar-refractivity contribution in [3.63, 3.8) is 0 Å². The Hall–Kier alpha value is -0.620. The molecule has 0 fully saturated rings. The van der Waals surface area contributed by atoms with Crippen LogP contribution in [0.15, 0.2) is 12.1 Å². The second kappa shape index (κ2) is 9.41. The van der Waals surface area contributed by atoms with Crippen molar-refractivity contribution in [2.24, 2.45) is 0 Å². The second-order valence-corrected chi connectivity index (χ2v) is 6.41. The molecule has 0 unspecified atom stereocenters. The van der Waals surface area contributed by atoms with Crippen molar-refractivity contribution in [2.75, 3.05) is 42.2 Å². The number of carbonyl (C=O) groups is 1. The minimum atomic E-state index is -0.117. The highest BCUT2D eigenvalue weighted by Gasteiger charge is 2.11. The van der Waals surface area contributed by atoms with Crippen LogP contribution in [0.5, 0.6) is 0 Å². The van der Waals surface area contributed by atoms with E-state index in [9.17, 15) is 4.79 Å². The van der Waals surface area contributed by atoms with Crippen LogP contribution in [0, 0.1) is 0 Å². The molecule has 0 spiro atoms. The van der Waals surface area contributed by atoms with Crippen LogP contribution in [0.4, 0.5) is 11.4 Å². The van der Waals surface area contributed by atoms with E-state index in [1.165, 1.54) is 0 Å². The van der Waals surface area contributed by atoms with Crippen LogP contribution in [0.3, 0.4) is 0 Å². The Morgan fingerprint density at radius 3 is 2.38 bits per heavy atom. The molecule has 0 saturated heterocycles. The molecule has 7 heteroatoms. The van der Waals surface area contributed by atoms with Gasteiger partial charge in [0.1, 0.15) is 0 Å². The maximum absolute atomic E-state index is 11.9. The van der Waals surface area contributed by atoms with Crippen LogP contribution >= 0.6 is 35.0 Å². The SMILES string of the molecule is CCN(CC)CCSCC(=O)Nc1c(Cl)cc(N)cc1Cl. The van der Waals surface area contributed by atoms with Gasteiger partial charge in [0.05, 0.1) is 21.5 Å². The highest BCUT2D eigenvalue weighted by Crippen LogP contribution is 2.32. The van der Waals surface area contributed by atoms with E-state index in [-0.39, 0.29) is 5.91 Å². The minimum absolute atomic E-state index is 0.117. The molecule has 0 aliphatic heterocycles. The van der Waals surface area contributed by atoms with Crippen LogP contribution in [-0.4, -0.2) is 41.9 Å². The molecule has 0 aromatic heterocycles. The zero-order valence-corrected chi connectivity index (χ0v) is 14.6. The molecule has 21 heavy (non-hydrogen) atoms. The van der Waals surface area contributed by atoms with E-state index in [1.54, 1.807) is 23.9 Å². The number of anilines is 2. The number of hydrogen-bond acceptors (Lipinski definition) is 4. The molecule has 1 amide bonds. The van der Waals surface area contributed by atoms with Gasteiger partial charge in [-0.25, -0.2) is 0 Å². The molecule has 0 aliphatic carbocycles. The molecular weight excluding hydrogens is 329 g/mol. The fourth-order valence-electron chi connectivity index (χ4n) is 1.79. The van der Waals surface area contributed by atoms with Crippen molar-refractivity contribution < 1.29 is 4.79 Å². The number of nitrogens with two attached hydrogens (primary N) is 1. The maximum atomic E-state index is 11.9. The summed E-state index contributed by atoms with van der Waals surface area (Å²) in [5, 5.41) is 3.43. The van der Waals surface area contributed by atoms with Gasteiger partial charge in [-0.15, -0.1) is 0 Å². The van der Waals surface area contributed by atoms with E-state index in [0.29, 0.717) is 27.2 Å². The van der Waals surface area contributed by atoms with Gasteiger partial charge in [-0.05, 0) is 25.2 Å². The Morgan fingerprint density at radius 2 is 1.86 bits per heavy atom. The first-order valence-corrected chi connectivity index (χ1v) is 8.73. The van der Waals surface area contributed by atoms with Gasteiger partial charge in [0.2, 0.25) is 5.91 Å². The molecule has 0 bridgehead atoms. The number of nitrogen functional groups attached to an aromatic ring is 1. The van der Waals surface area contributed by atoms with Gasteiger partial charge in [0.25, 0.3) is 0 Å². The monoisotopic (exact) mass is 349 g/mol. The molecule has 0 aliphatic rings. The highest BCUT2D eigenvalue weighted by atomic mass is 35.5. The lowest BCUT2D eigenvalue weighted by atomic mass is 10.3. The average Bonchev–Trinajstić information content (AvgIpc) is 2.43. The fourth-order valence-corrected chi connectivity index (χ4v) is 3.17. The quantitative estimate of drug-likeness (QED) is 0.556. The van der Waals surface area contributed by atoms with Gasteiger partial charge in [0, 0.05) is 18.0 Å². The number of benzene rings is 1. The maximum Gasteiger partial charge on any atom is 0.234 e. The summed E-state index contributed by atoms with van der Waals surface area (Å²) in [6.45, 7) is 7.30. The first-order valence-electron chi connectivity index (χ1n) is 6.82. The lowest BCUT2D eigenvalue weighted by Gasteiger charge is -2.17. The Bertz CT molecular complexity index is 458. The van der Waals surface area contributed by atoms with Crippen molar-refractivity contribution in [1.29, 1.82) is 0 Å². The van der Waals surface area contributed by atoms with Crippen molar-refractivity contribution in [2.45, 2.75) is 13.8 Å². The Labute approximate surface area is 140 Å². The van der Waals surface area contributed by atoms with Gasteiger partial charge in [-0.2, -0.15) is 11.8 Å². The summed E-state index contributed by atoms with van der Waals surface area (Å²) in [5.74, 6) is 1.17. The third-order valence-corrected chi connectivity index (χ3v) is 4.54. The summed E-state index contributed by atoms with van der Waals surface area (Å²) in [6.07, 6.45) is 0. The third kappa shape index (κ3) is 6.34. The van der Waals surface area contributed by atoms with Gasteiger partial charge in [-0.1, -0.05) is 37.0 Å². The molecule has 1 rings (SSSR count). The fraction of sp³-hybridized carbons (Fsp3) is 0.500. The third-order valence-electron chi connectivity index (χ3n) is 3.01. The van der Waals surface area contributed by atoms with Gasteiger partial charge in [0.15, 0.2) is 0 Å². The average molecular weight is 350 g/mol. The van der Waals surface area contributed by atoms with Crippen molar-refractivity contribution in [3.05, 3.63) is 22.2 Å². The normalized spacial score (nSPS) is 10.9. The highest BCUT2D eigenvalue weighted by molar-refractivity contribution is 7.99. The van der Waals surface area contributed by atoms with Crippen LogP contribution < -0.4 is 11.1 Å². The van der Waals surface area contributed by atoms with E-state index >= 15 is 0 Å². The summed E-state index contributed by atoms with van der Waals surface area (Å²) < 4.78 is 0. The number of halogens is 2. The van der Waals surface area contributed by atoms with Crippen molar-refractivity contribution >= 4 is 52.2 Å². The summed E-state index contributed by atoms with van der Waals surface area (Å²) in [4.78, 5) is 14.2. The number of rotatable bonds is 8. The molecule has 0 heterocycles. The summed E-state index contributed by atoms with van der Waals surface area (Å²) in [6, 6.07) is 3.13. The van der Waals surface area contributed by atoms with E-state index in [2.05, 4.69) is 24.1 Å². The number of carbonyl (C=O) groups excluding carboxylic acids is 1. The Morgan fingerprint density at radius 1 is 1.29 bits per heavy atom. The smallest absolute Gasteiger partial charge is 0.234 e. The zero-order valence-electron chi connectivity index (χ0n) is 12.3. The van der Waals surface area contributed by atoms with Crippen LogP contribution in [0.25, 0.3) is 0 Å². The zero-order chi connectivity index (χ0) is 15.8. The van der Waals surface area contributed by atoms with Crippen molar-refractivity contribution in [3.8, 4) is 0 Å². The predicted octanol–water partition coefficient (Wildman–Crippen LogP) is 3.59. The Kier molecular flexibility index (Phi) is 8.26. The summed E-state index contributed by atoms with van der Waals surface area (Å²) >= 11 is 13.6. The topological polar surface area (TPSA) is 58.4 Å². The molecule has 118 valence electrons. The van der Waals surface area contributed by atoms with Crippen LogP contribution in [0.1, 0.15) is 13.8 Å². The number of thioether (sulfide) groups is 1. The molecule has 0 radical (unpaired) electrons. The van der Waals surface area contributed by atoms with Gasteiger partial charge < -0.3 is 16.0 Å². The van der Waals surface area contributed by atoms with E-state index in [0.717, 1.165) is 25.4 Å². The lowest BCUT2D eigenvalue weighted by molar-refractivity contribution is -0.113. The molecule has 1 aromatic rings. The Balaban J connectivity index is 2.41. The van der Waals surface area contributed by atoms with E-state index in [1.807, 2.05) is 0 Å². The first kappa shape index (κ1) is 18.4. The van der Waals surface area contributed by atoms with E-state index < -0.39 is 0 Å². The molecule has 0 atom stereocenters. The molecule has 3 N–H and O–H groups in total. The van der Waals surface area contributed by atoms with Crippen LogP contribution in [0.2, 0.25) is 10.0 Å². The summed E-state index contributed by atoms with van der Waals surface area (Å²) in [7, 11) is 0. The van der Waals surface area contributed by atoms with Crippen molar-refractivity contribution in [1.82, 2.24) is 4.90 Å².